The highest BCUT2D eigenvalue weighted by Crippen LogP contribution is 2.35. The van der Waals surface area contributed by atoms with Crippen molar-refractivity contribution >= 4 is 51.5 Å². The fourth-order valence-corrected chi connectivity index (χ4v) is 5.46. The van der Waals surface area contributed by atoms with E-state index in [0.717, 1.165) is 0 Å². The lowest BCUT2D eigenvalue weighted by molar-refractivity contribution is 0.0606. The standard InChI is InChI=1S/C23H25Cl2N5O4S/c1-11-10-30(9-8-13(11)28-21(31)19-17(25)16(24)12(2)26-19)23-29-18(20(35-23)22(32)34-4)14-6-5-7-15(27-14)33-3/h5-7,11,13,26H,8-10H2,1-4H3,(H,28,31)/t11-,13+/m0/s1. The Labute approximate surface area is 216 Å². The number of aryl methyl sites for hydroxylation is 1. The predicted octanol–water partition coefficient (Wildman–Crippen LogP) is 4.59. The Hall–Kier alpha value is -2.82. The largest absolute Gasteiger partial charge is 0.481 e. The SMILES string of the molecule is COC(=O)c1sc(N2CC[C@@H](NC(=O)c3[nH]c(C)c(Cl)c3Cl)[C@@H](C)C2)nc1-c1cccc(OC)n1. The summed E-state index contributed by atoms with van der Waals surface area (Å²) in [5.41, 5.74) is 1.89. The van der Waals surface area contributed by atoms with Crippen LogP contribution in [0.4, 0.5) is 5.13 Å². The van der Waals surface area contributed by atoms with Gasteiger partial charge in [-0.3, -0.25) is 4.79 Å². The Balaban J connectivity index is 1.52. The number of H-pyrrole nitrogens is 1. The van der Waals surface area contributed by atoms with E-state index in [-0.39, 0.29) is 28.6 Å². The number of halogens is 2. The number of thiazole rings is 1. The number of carbonyl (C=O) groups is 2. The molecule has 1 fully saturated rings. The molecule has 2 atom stereocenters. The molecule has 0 unspecified atom stereocenters. The van der Waals surface area contributed by atoms with Gasteiger partial charge in [0.05, 0.1) is 30.0 Å². The maximum atomic E-state index is 12.8. The first-order valence-corrected chi connectivity index (χ1v) is 12.5. The maximum absolute atomic E-state index is 12.8. The first-order chi connectivity index (χ1) is 16.7. The summed E-state index contributed by atoms with van der Waals surface area (Å²) < 4.78 is 10.2. The van der Waals surface area contributed by atoms with E-state index < -0.39 is 5.97 Å². The average Bonchev–Trinajstić information content (AvgIpc) is 3.42. The van der Waals surface area contributed by atoms with E-state index in [1.54, 1.807) is 25.1 Å². The molecular weight excluding hydrogens is 513 g/mol. The van der Waals surface area contributed by atoms with Crippen LogP contribution < -0.4 is 15.0 Å². The zero-order valence-corrected chi connectivity index (χ0v) is 22.0. The number of aromatic nitrogens is 3. The van der Waals surface area contributed by atoms with E-state index in [2.05, 4.69) is 27.1 Å². The van der Waals surface area contributed by atoms with Gasteiger partial charge in [-0.25, -0.2) is 14.8 Å². The monoisotopic (exact) mass is 537 g/mol. The van der Waals surface area contributed by atoms with Crippen molar-refractivity contribution in [3.63, 3.8) is 0 Å². The third kappa shape index (κ3) is 5.10. The van der Waals surface area contributed by atoms with E-state index in [1.807, 2.05) is 0 Å². The number of nitrogens with one attached hydrogen (secondary N) is 2. The summed E-state index contributed by atoms with van der Waals surface area (Å²) in [5, 5.41) is 4.34. The van der Waals surface area contributed by atoms with Crippen LogP contribution in [0.2, 0.25) is 10.0 Å². The number of nitrogens with zero attached hydrogens (tertiary/aromatic N) is 3. The van der Waals surface area contributed by atoms with Crippen molar-refractivity contribution in [1.29, 1.82) is 0 Å². The number of methoxy groups -OCH3 is 2. The number of pyridine rings is 1. The highest BCUT2D eigenvalue weighted by atomic mass is 35.5. The molecule has 0 aliphatic carbocycles. The van der Waals surface area contributed by atoms with Crippen molar-refractivity contribution in [1.82, 2.24) is 20.3 Å². The molecule has 12 heteroatoms. The van der Waals surface area contributed by atoms with Gasteiger partial charge in [-0.2, -0.15) is 0 Å². The molecule has 1 aliphatic heterocycles. The summed E-state index contributed by atoms with van der Waals surface area (Å²) in [5.74, 6) is -0.220. The van der Waals surface area contributed by atoms with Crippen molar-refractivity contribution in [3.8, 4) is 17.3 Å². The predicted molar refractivity (Wildman–Crippen MR) is 136 cm³/mol. The summed E-state index contributed by atoms with van der Waals surface area (Å²) in [6.07, 6.45) is 0.692. The maximum Gasteiger partial charge on any atom is 0.350 e. The van der Waals surface area contributed by atoms with Crippen LogP contribution in [0.1, 0.15) is 39.2 Å². The van der Waals surface area contributed by atoms with E-state index in [0.29, 0.717) is 57.5 Å². The fraction of sp³-hybridized carbons (Fsp3) is 0.391. The minimum Gasteiger partial charge on any atom is -0.481 e. The van der Waals surface area contributed by atoms with Crippen LogP contribution in [-0.2, 0) is 4.74 Å². The number of aromatic amines is 1. The lowest BCUT2D eigenvalue weighted by Gasteiger charge is -2.37. The van der Waals surface area contributed by atoms with Crippen LogP contribution >= 0.6 is 34.5 Å². The lowest BCUT2D eigenvalue weighted by atomic mass is 9.94. The number of hydrogen-bond acceptors (Lipinski definition) is 8. The molecule has 2 N–H and O–H groups in total. The minimum absolute atomic E-state index is 0.0586. The molecule has 1 aliphatic rings. The number of esters is 1. The zero-order chi connectivity index (χ0) is 25.3. The average molecular weight is 538 g/mol. The van der Waals surface area contributed by atoms with Crippen LogP contribution in [0.25, 0.3) is 11.4 Å². The van der Waals surface area contributed by atoms with Crippen molar-refractivity contribution < 1.29 is 19.1 Å². The van der Waals surface area contributed by atoms with Gasteiger partial charge >= 0.3 is 5.97 Å². The van der Waals surface area contributed by atoms with Gasteiger partial charge in [0.15, 0.2) is 5.13 Å². The summed E-state index contributed by atoms with van der Waals surface area (Å²) in [6, 6.07) is 5.24. The van der Waals surface area contributed by atoms with Gasteiger partial charge < -0.3 is 24.7 Å². The molecule has 4 rings (SSSR count). The first kappa shape index (κ1) is 25.3. The first-order valence-electron chi connectivity index (χ1n) is 10.9. The number of amides is 1. The van der Waals surface area contributed by atoms with Crippen molar-refractivity contribution in [2.75, 3.05) is 32.2 Å². The molecule has 0 saturated carbocycles. The van der Waals surface area contributed by atoms with Gasteiger partial charge in [-0.15, -0.1) is 0 Å². The Bertz CT molecular complexity index is 1260. The third-order valence-electron chi connectivity index (χ3n) is 5.94. The molecule has 35 heavy (non-hydrogen) atoms. The fourth-order valence-electron chi connectivity index (χ4n) is 4.01. The summed E-state index contributed by atoms with van der Waals surface area (Å²) in [7, 11) is 2.87. The quantitative estimate of drug-likeness (QED) is 0.442. The number of hydrogen-bond donors (Lipinski definition) is 2. The van der Waals surface area contributed by atoms with Crippen molar-refractivity contribution in [2.24, 2.45) is 5.92 Å². The summed E-state index contributed by atoms with van der Waals surface area (Å²) in [4.78, 5) is 39.9. The molecule has 1 amide bonds. The molecule has 0 bridgehead atoms. The smallest absolute Gasteiger partial charge is 0.350 e. The second kappa shape index (κ2) is 10.4. The van der Waals surface area contributed by atoms with E-state index in [4.69, 9.17) is 37.7 Å². The highest BCUT2D eigenvalue weighted by molar-refractivity contribution is 7.17. The van der Waals surface area contributed by atoms with E-state index >= 15 is 0 Å². The van der Waals surface area contributed by atoms with Crippen LogP contribution in [0.3, 0.4) is 0 Å². The van der Waals surface area contributed by atoms with Crippen LogP contribution in [0.5, 0.6) is 5.88 Å². The van der Waals surface area contributed by atoms with Gasteiger partial charge in [0, 0.05) is 30.9 Å². The molecule has 0 spiro atoms. The summed E-state index contributed by atoms with van der Waals surface area (Å²) >= 11 is 13.6. The van der Waals surface area contributed by atoms with Crippen molar-refractivity contribution in [2.45, 2.75) is 26.3 Å². The second-order valence-corrected chi connectivity index (χ2v) is 10.0. The number of ether oxygens (including phenoxy) is 2. The van der Waals surface area contributed by atoms with Gasteiger partial charge in [0.1, 0.15) is 16.3 Å². The van der Waals surface area contributed by atoms with Crippen LogP contribution in [0.15, 0.2) is 18.2 Å². The number of carbonyl (C=O) groups excluding carboxylic acids is 2. The third-order valence-corrected chi connectivity index (χ3v) is 7.98. The molecular formula is C23H25Cl2N5O4S. The second-order valence-electron chi connectivity index (χ2n) is 8.28. The molecule has 3 aromatic heterocycles. The Morgan fingerprint density at radius 3 is 2.63 bits per heavy atom. The Kier molecular flexibility index (Phi) is 7.53. The lowest BCUT2D eigenvalue weighted by Crippen LogP contribution is -2.50. The molecule has 0 radical (unpaired) electrons. The molecule has 3 aromatic rings. The van der Waals surface area contributed by atoms with Crippen molar-refractivity contribution in [3.05, 3.63) is 44.5 Å². The van der Waals surface area contributed by atoms with E-state index in [9.17, 15) is 9.59 Å². The molecule has 0 aromatic carbocycles. The molecule has 186 valence electrons. The molecule has 9 nitrogen and oxygen atoms in total. The number of piperidine rings is 1. The Morgan fingerprint density at radius 2 is 2.00 bits per heavy atom. The van der Waals surface area contributed by atoms with Crippen LogP contribution in [0, 0.1) is 12.8 Å². The Morgan fingerprint density at radius 1 is 1.23 bits per heavy atom. The normalized spacial score (nSPS) is 17.8. The molecule has 4 heterocycles. The topological polar surface area (TPSA) is 109 Å². The minimum atomic E-state index is -0.472. The zero-order valence-electron chi connectivity index (χ0n) is 19.6. The molecule has 1 saturated heterocycles. The van der Waals surface area contributed by atoms with Gasteiger partial charge in [0.25, 0.3) is 5.91 Å². The van der Waals surface area contributed by atoms with Gasteiger partial charge in [-0.05, 0) is 25.3 Å². The van der Waals surface area contributed by atoms with E-state index in [1.165, 1.54) is 25.6 Å². The van der Waals surface area contributed by atoms with Gasteiger partial charge in [0.2, 0.25) is 5.88 Å². The number of anilines is 1. The summed E-state index contributed by atoms with van der Waals surface area (Å²) in [6.45, 7) is 5.11. The van der Waals surface area contributed by atoms with Crippen LogP contribution in [-0.4, -0.2) is 60.2 Å². The highest BCUT2D eigenvalue weighted by Gasteiger charge is 2.32. The number of rotatable bonds is 6. The van der Waals surface area contributed by atoms with Gasteiger partial charge in [-0.1, -0.05) is 47.5 Å².